The lowest BCUT2D eigenvalue weighted by atomic mass is 9.85. The van der Waals surface area contributed by atoms with Crippen molar-refractivity contribution in [1.29, 1.82) is 0 Å². The summed E-state index contributed by atoms with van der Waals surface area (Å²) >= 11 is 0. The second-order valence-electron chi connectivity index (χ2n) is 6.04. The highest BCUT2D eigenvalue weighted by molar-refractivity contribution is 5.96. The van der Waals surface area contributed by atoms with Crippen molar-refractivity contribution in [2.75, 3.05) is 0 Å². The van der Waals surface area contributed by atoms with Gasteiger partial charge in [-0.15, -0.1) is 10.2 Å². The Labute approximate surface area is 124 Å². The van der Waals surface area contributed by atoms with Gasteiger partial charge in [0.15, 0.2) is 0 Å². The Morgan fingerprint density at radius 1 is 1.19 bits per heavy atom. The van der Waals surface area contributed by atoms with Gasteiger partial charge in [0.2, 0.25) is 11.7 Å². The quantitative estimate of drug-likeness (QED) is 0.855. The molecule has 0 aliphatic heterocycles. The number of aromatic nitrogens is 2. The molecular formula is C16H21N3O2. The van der Waals surface area contributed by atoms with Gasteiger partial charge in [-0.25, -0.2) is 0 Å². The third-order valence-electron chi connectivity index (χ3n) is 3.69. The average molecular weight is 287 g/mol. The van der Waals surface area contributed by atoms with Crippen molar-refractivity contribution in [1.82, 2.24) is 10.2 Å². The Bertz CT molecular complexity index is 617. The van der Waals surface area contributed by atoms with Crippen LogP contribution in [0, 0.1) is 5.92 Å². The lowest BCUT2D eigenvalue weighted by Crippen LogP contribution is -2.35. The molecule has 5 heteroatoms. The van der Waals surface area contributed by atoms with E-state index in [1.165, 1.54) is 0 Å². The highest BCUT2D eigenvalue weighted by atomic mass is 16.4. The third-order valence-corrected chi connectivity index (χ3v) is 3.69. The van der Waals surface area contributed by atoms with Gasteiger partial charge >= 0.3 is 0 Å². The van der Waals surface area contributed by atoms with Crippen LogP contribution in [0.5, 0.6) is 0 Å². The van der Waals surface area contributed by atoms with E-state index in [0.717, 1.165) is 5.56 Å². The SMILES string of the molecule is CC(C)C(N)C(=O)c1nnc(C(C)(C)c2ccccc2)o1. The zero-order valence-electron chi connectivity index (χ0n) is 12.8. The molecule has 0 aliphatic rings. The van der Waals surface area contributed by atoms with Gasteiger partial charge in [-0.05, 0) is 25.3 Å². The number of carbonyl (C=O) groups excluding carboxylic acids is 1. The van der Waals surface area contributed by atoms with Gasteiger partial charge in [0.25, 0.3) is 5.89 Å². The predicted octanol–water partition coefficient (Wildman–Crippen LogP) is 2.56. The van der Waals surface area contributed by atoms with Crippen molar-refractivity contribution in [3.05, 3.63) is 47.7 Å². The fraction of sp³-hybridized carbons (Fsp3) is 0.438. The molecule has 1 unspecified atom stereocenters. The van der Waals surface area contributed by atoms with E-state index in [0.29, 0.717) is 5.89 Å². The summed E-state index contributed by atoms with van der Waals surface area (Å²) in [6.07, 6.45) is 0. The standard InChI is InChI=1S/C16H21N3O2/c1-10(2)12(17)13(20)14-18-19-15(21-14)16(3,4)11-8-6-5-7-9-11/h5-10,12H,17H2,1-4H3. The summed E-state index contributed by atoms with van der Waals surface area (Å²) < 4.78 is 5.58. The number of nitrogens with two attached hydrogens (primary N) is 1. The molecule has 0 amide bonds. The van der Waals surface area contributed by atoms with Gasteiger partial charge in [0.05, 0.1) is 11.5 Å². The van der Waals surface area contributed by atoms with E-state index in [2.05, 4.69) is 10.2 Å². The Kier molecular flexibility index (Phi) is 4.23. The van der Waals surface area contributed by atoms with Crippen LogP contribution in [0.3, 0.4) is 0 Å². The minimum absolute atomic E-state index is 0.0183. The van der Waals surface area contributed by atoms with Gasteiger partial charge in [-0.1, -0.05) is 44.2 Å². The first kappa shape index (κ1) is 15.4. The first-order valence-electron chi connectivity index (χ1n) is 7.03. The van der Waals surface area contributed by atoms with Gasteiger partial charge in [0, 0.05) is 0 Å². The fourth-order valence-corrected chi connectivity index (χ4v) is 2.00. The molecule has 2 N–H and O–H groups in total. The summed E-state index contributed by atoms with van der Waals surface area (Å²) in [6.45, 7) is 7.72. The predicted molar refractivity (Wildman–Crippen MR) is 80.0 cm³/mol. The molecule has 1 atom stereocenters. The van der Waals surface area contributed by atoms with E-state index in [9.17, 15) is 4.79 Å². The second-order valence-corrected chi connectivity index (χ2v) is 6.04. The van der Waals surface area contributed by atoms with Crippen LogP contribution in [0.25, 0.3) is 0 Å². The van der Waals surface area contributed by atoms with Crippen molar-refractivity contribution in [2.24, 2.45) is 11.7 Å². The van der Waals surface area contributed by atoms with Crippen LogP contribution in [0.15, 0.2) is 34.7 Å². The lowest BCUT2D eigenvalue weighted by Gasteiger charge is -2.20. The van der Waals surface area contributed by atoms with E-state index in [1.807, 2.05) is 58.0 Å². The van der Waals surface area contributed by atoms with Gasteiger partial charge in [-0.2, -0.15) is 0 Å². The maximum absolute atomic E-state index is 12.1. The number of benzene rings is 1. The Morgan fingerprint density at radius 2 is 1.81 bits per heavy atom. The molecule has 1 heterocycles. The molecule has 21 heavy (non-hydrogen) atoms. The van der Waals surface area contributed by atoms with Gasteiger partial charge in [-0.3, -0.25) is 4.79 Å². The molecule has 5 nitrogen and oxygen atoms in total. The number of ketones is 1. The van der Waals surface area contributed by atoms with Crippen molar-refractivity contribution < 1.29 is 9.21 Å². The number of Topliss-reactive ketones (excluding diaryl/α,β-unsaturated/α-hetero) is 1. The second kappa shape index (κ2) is 5.77. The lowest BCUT2D eigenvalue weighted by molar-refractivity contribution is 0.0902. The summed E-state index contributed by atoms with van der Waals surface area (Å²) in [5.74, 6) is 0.103. The molecule has 1 aromatic heterocycles. The molecule has 0 spiro atoms. The molecule has 0 aliphatic carbocycles. The van der Waals surface area contributed by atoms with E-state index in [1.54, 1.807) is 0 Å². The van der Waals surface area contributed by atoms with E-state index in [4.69, 9.17) is 10.2 Å². The van der Waals surface area contributed by atoms with Crippen molar-refractivity contribution >= 4 is 5.78 Å². The number of rotatable bonds is 5. The molecule has 0 saturated carbocycles. The summed E-state index contributed by atoms with van der Waals surface area (Å²) in [6, 6.07) is 9.21. The summed E-state index contributed by atoms with van der Waals surface area (Å²) in [7, 11) is 0. The van der Waals surface area contributed by atoms with E-state index >= 15 is 0 Å². The van der Waals surface area contributed by atoms with Crippen LogP contribution >= 0.6 is 0 Å². The number of nitrogens with zero attached hydrogens (tertiary/aromatic N) is 2. The third kappa shape index (κ3) is 3.03. The van der Waals surface area contributed by atoms with Gasteiger partial charge < -0.3 is 10.2 Å². The van der Waals surface area contributed by atoms with Gasteiger partial charge in [0.1, 0.15) is 0 Å². The first-order chi connectivity index (χ1) is 9.84. The molecule has 0 saturated heterocycles. The molecule has 2 rings (SSSR count). The van der Waals surface area contributed by atoms with Crippen molar-refractivity contribution in [3.63, 3.8) is 0 Å². The monoisotopic (exact) mass is 287 g/mol. The summed E-state index contributed by atoms with van der Waals surface area (Å²) in [4.78, 5) is 12.1. The van der Waals surface area contributed by atoms with Crippen molar-refractivity contribution in [3.8, 4) is 0 Å². The normalized spacial score (nSPS) is 13.4. The molecule has 0 fully saturated rings. The van der Waals surface area contributed by atoms with Crippen LogP contribution in [0.1, 0.15) is 49.8 Å². The highest BCUT2D eigenvalue weighted by Crippen LogP contribution is 2.30. The first-order valence-corrected chi connectivity index (χ1v) is 7.03. The maximum atomic E-state index is 12.1. The Balaban J connectivity index is 2.30. The number of hydrogen-bond acceptors (Lipinski definition) is 5. The molecule has 2 aromatic rings. The minimum Gasteiger partial charge on any atom is -0.417 e. The Morgan fingerprint density at radius 3 is 2.38 bits per heavy atom. The molecule has 0 radical (unpaired) electrons. The zero-order chi connectivity index (χ0) is 15.6. The largest absolute Gasteiger partial charge is 0.417 e. The minimum atomic E-state index is -0.627. The van der Waals surface area contributed by atoms with Crippen LogP contribution in [0.4, 0.5) is 0 Å². The fourth-order valence-electron chi connectivity index (χ4n) is 2.00. The topological polar surface area (TPSA) is 82.0 Å². The smallest absolute Gasteiger partial charge is 0.285 e. The van der Waals surface area contributed by atoms with Crippen molar-refractivity contribution in [2.45, 2.75) is 39.2 Å². The number of carbonyl (C=O) groups is 1. The molecule has 112 valence electrons. The molecule has 1 aromatic carbocycles. The highest BCUT2D eigenvalue weighted by Gasteiger charge is 2.32. The van der Waals surface area contributed by atoms with Crippen LogP contribution in [-0.2, 0) is 5.41 Å². The zero-order valence-corrected chi connectivity index (χ0v) is 12.8. The molecular weight excluding hydrogens is 266 g/mol. The summed E-state index contributed by atoms with van der Waals surface area (Å²) in [5.41, 5.74) is 6.42. The average Bonchev–Trinajstić information content (AvgIpc) is 2.97. The van der Waals surface area contributed by atoms with Crippen LogP contribution in [0.2, 0.25) is 0 Å². The van der Waals surface area contributed by atoms with Crippen LogP contribution in [-0.4, -0.2) is 22.0 Å². The molecule has 0 bridgehead atoms. The maximum Gasteiger partial charge on any atom is 0.285 e. The Hall–Kier alpha value is -2.01. The summed E-state index contributed by atoms with van der Waals surface area (Å²) in [5, 5.41) is 7.90. The number of hydrogen-bond donors (Lipinski definition) is 1. The van der Waals surface area contributed by atoms with E-state index in [-0.39, 0.29) is 17.6 Å². The van der Waals surface area contributed by atoms with E-state index < -0.39 is 11.5 Å². The van der Waals surface area contributed by atoms with Crippen LogP contribution < -0.4 is 5.73 Å².